The molecule has 7 heteroatoms. The Morgan fingerprint density at radius 3 is 2.25 bits per heavy atom. The van der Waals surface area contributed by atoms with Crippen molar-refractivity contribution in [3.05, 3.63) is 53.6 Å². The van der Waals surface area contributed by atoms with E-state index in [1.807, 2.05) is 17.0 Å². The van der Waals surface area contributed by atoms with Gasteiger partial charge in [-0.05, 0) is 69.5 Å². The zero-order chi connectivity index (χ0) is 23.1. The van der Waals surface area contributed by atoms with E-state index in [1.165, 1.54) is 0 Å². The van der Waals surface area contributed by atoms with Crippen molar-refractivity contribution in [1.29, 1.82) is 0 Å². The molecule has 0 saturated carbocycles. The molecule has 2 amide bonds. The van der Waals surface area contributed by atoms with Crippen molar-refractivity contribution in [2.45, 2.75) is 51.7 Å². The molecule has 2 aromatic carbocycles. The van der Waals surface area contributed by atoms with Crippen LogP contribution in [0.5, 0.6) is 17.2 Å². The summed E-state index contributed by atoms with van der Waals surface area (Å²) in [6, 6.07) is 12.7. The summed E-state index contributed by atoms with van der Waals surface area (Å²) in [5, 5.41) is 2.89. The molecular formula is C25H32N2O5. The highest BCUT2D eigenvalue weighted by Gasteiger charge is 2.28. The largest absolute Gasteiger partial charge is 0.497 e. The second kappa shape index (κ2) is 10.9. The van der Waals surface area contributed by atoms with Crippen molar-refractivity contribution in [3.8, 4) is 17.2 Å². The number of rotatable bonds is 8. The molecule has 0 aromatic heterocycles. The second-order valence-corrected chi connectivity index (χ2v) is 8.10. The Labute approximate surface area is 189 Å². The quantitative estimate of drug-likeness (QED) is 0.676. The van der Waals surface area contributed by atoms with Crippen molar-refractivity contribution in [2.24, 2.45) is 0 Å². The summed E-state index contributed by atoms with van der Waals surface area (Å²) in [5.41, 5.74) is 1.36. The fourth-order valence-electron chi connectivity index (χ4n) is 4.11. The van der Waals surface area contributed by atoms with Gasteiger partial charge in [-0.1, -0.05) is 0 Å². The third kappa shape index (κ3) is 5.72. The average molecular weight is 441 g/mol. The number of carbonyl (C=O) groups is 2. The number of carbonyl (C=O) groups excluding carboxylic acids is 2. The molecule has 1 saturated heterocycles. The lowest BCUT2D eigenvalue weighted by molar-refractivity contribution is -0.139. The van der Waals surface area contributed by atoms with E-state index >= 15 is 0 Å². The number of likely N-dealkylation sites (tertiary alicyclic amines) is 1. The molecule has 7 nitrogen and oxygen atoms in total. The summed E-state index contributed by atoms with van der Waals surface area (Å²) in [5.74, 6) is 1.69. The third-order valence-corrected chi connectivity index (χ3v) is 5.89. The van der Waals surface area contributed by atoms with Gasteiger partial charge >= 0.3 is 0 Å². The first-order valence-electron chi connectivity index (χ1n) is 11.0. The van der Waals surface area contributed by atoms with Gasteiger partial charge in [-0.25, -0.2) is 0 Å². The van der Waals surface area contributed by atoms with Crippen LogP contribution in [0.3, 0.4) is 0 Å². The first kappa shape index (κ1) is 23.4. The summed E-state index contributed by atoms with van der Waals surface area (Å²) in [7, 11) is 3.17. The summed E-state index contributed by atoms with van der Waals surface area (Å²) < 4.78 is 16.2. The van der Waals surface area contributed by atoms with Gasteiger partial charge in [-0.2, -0.15) is 0 Å². The molecule has 32 heavy (non-hydrogen) atoms. The topological polar surface area (TPSA) is 77.1 Å². The fourth-order valence-corrected chi connectivity index (χ4v) is 4.11. The Morgan fingerprint density at radius 1 is 0.969 bits per heavy atom. The molecule has 0 spiro atoms. The average Bonchev–Trinajstić information content (AvgIpc) is 2.81. The minimum absolute atomic E-state index is 0.0000385. The number of ether oxygens (including phenoxy) is 3. The van der Waals surface area contributed by atoms with Crippen molar-refractivity contribution in [3.63, 3.8) is 0 Å². The number of nitrogens with one attached hydrogen (secondary N) is 1. The number of methoxy groups -OCH3 is 2. The zero-order valence-electron chi connectivity index (χ0n) is 19.2. The van der Waals surface area contributed by atoms with Gasteiger partial charge in [-0.15, -0.1) is 0 Å². The molecule has 0 aliphatic carbocycles. The van der Waals surface area contributed by atoms with E-state index in [0.717, 1.165) is 24.8 Å². The van der Waals surface area contributed by atoms with Crippen LogP contribution in [0.4, 0.5) is 0 Å². The van der Waals surface area contributed by atoms with Crippen molar-refractivity contribution in [2.75, 3.05) is 20.8 Å². The van der Waals surface area contributed by atoms with Crippen LogP contribution in [-0.4, -0.2) is 49.6 Å². The summed E-state index contributed by atoms with van der Waals surface area (Å²) >= 11 is 0. The highest BCUT2D eigenvalue weighted by molar-refractivity contribution is 5.94. The van der Waals surface area contributed by atoms with Gasteiger partial charge in [0.15, 0.2) is 6.61 Å². The SMILES string of the molecule is COc1ccc(CNC(=O)c2ccc(OCC(=O)N3C(C)CCCC3C)cc2)c(OC)c1. The van der Waals surface area contributed by atoms with E-state index in [9.17, 15) is 9.59 Å². The standard InChI is InChI=1S/C25H32N2O5/c1-17-6-5-7-18(2)27(17)24(28)16-32-21-11-8-19(9-12-21)25(29)26-15-20-10-13-22(30-3)14-23(20)31-4/h8-14,17-18H,5-7,15-16H2,1-4H3,(H,26,29). The molecule has 1 heterocycles. The van der Waals surface area contributed by atoms with E-state index in [0.29, 0.717) is 29.4 Å². The smallest absolute Gasteiger partial charge is 0.260 e. The van der Waals surface area contributed by atoms with Gasteiger partial charge in [-0.3, -0.25) is 9.59 Å². The highest BCUT2D eigenvalue weighted by Crippen LogP contribution is 2.25. The summed E-state index contributed by atoms with van der Waals surface area (Å²) in [6.45, 7) is 4.49. The molecule has 1 fully saturated rings. The van der Waals surface area contributed by atoms with E-state index < -0.39 is 0 Å². The maximum atomic E-state index is 12.6. The predicted molar refractivity (Wildman–Crippen MR) is 122 cm³/mol. The Hall–Kier alpha value is -3.22. The van der Waals surface area contributed by atoms with Crippen molar-refractivity contribution < 1.29 is 23.8 Å². The van der Waals surface area contributed by atoms with Crippen LogP contribution in [0.2, 0.25) is 0 Å². The van der Waals surface area contributed by atoms with Gasteiger partial charge in [0.05, 0.1) is 14.2 Å². The van der Waals surface area contributed by atoms with Crippen LogP contribution in [-0.2, 0) is 11.3 Å². The van der Waals surface area contributed by atoms with Crippen molar-refractivity contribution in [1.82, 2.24) is 10.2 Å². The number of hydrogen-bond donors (Lipinski definition) is 1. The molecule has 3 rings (SSSR count). The first-order chi connectivity index (χ1) is 15.4. The lowest BCUT2D eigenvalue weighted by atomic mass is 9.97. The van der Waals surface area contributed by atoms with E-state index in [-0.39, 0.29) is 30.5 Å². The Balaban J connectivity index is 1.53. The minimum Gasteiger partial charge on any atom is -0.497 e. The molecule has 2 unspecified atom stereocenters. The Morgan fingerprint density at radius 2 is 1.62 bits per heavy atom. The van der Waals surface area contributed by atoms with Crippen LogP contribution in [0.15, 0.2) is 42.5 Å². The van der Waals surface area contributed by atoms with E-state index in [4.69, 9.17) is 14.2 Å². The van der Waals surface area contributed by atoms with Crippen LogP contribution < -0.4 is 19.5 Å². The Bertz CT molecular complexity index is 918. The number of piperidine rings is 1. The van der Waals surface area contributed by atoms with Crippen molar-refractivity contribution >= 4 is 11.8 Å². The molecule has 1 N–H and O–H groups in total. The molecule has 1 aliphatic rings. The first-order valence-corrected chi connectivity index (χ1v) is 11.0. The van der Waals surface area contributed by atoms with Gasteiger partial charge in [0.2, 0.25) is 0 Å². The molecule has 2 aromatic rings. The lowest BCUT2D eigenvalue weighted by Gasteiger charge is -2.38. The van der Waals surface area contributed by atoms with E-state index in [1.54, 1.807) is 44.6 Å². The third-order valence-electron chi connectivity index (χ3n) is 5.89. The molecule has 0 bridgehead atoms. The molecule has 2 atom stereocenters. The summed E-state index contributed by atoms with van der Waals surface area (Å²) in [4.78, 5) is 27.0. The van der Waals surface area contributed by atoms with E-state index in [2.05, 4.69) is 19.2 Å². The maximum Gasteiger partial charge on any atom is 0.260 e. The number of hydrogen-bond acceptors (Lipinski definition) is 5. The fraction of sp³-hybridized carbons (Fsp3) is 0.440. The second-order valence-electron chi connectivity index (χ2n) is 8.10. The molecule has 0 radical (unpaired) electrons. The zero-order valence-corrected chi connectivity index (χ0v) is 19.2. The Kier molecular flexibility index (Phi) is 7.98. The number of amides is 2. The number of benzene rings is 2. The van der Waals surface area contributed by atoms with Crippen LogP contribution in [0.1, 0.15) is 49.0 Å². The van der Waals surface area contributed by atoms with Crippen LogP contribution in [0.25, 0.3) is 0 Å². The maximum absolute atomic E-state index is 12.6. The van der Waals surface area contributed by atoms with Crippen LogP contribution in [0, 0.1) is 0 Å². The van der Waals surface area contributed by atoms with Crippen LogP contribution >= 0.6 is 0 Å². The lowest BCUT2D eigenvalue weighted by Crippen LogP contribution is -2.49. The monoisotopic (exact) mass is 440 g/mol. The van der Waals surface area contributed by atoms with Gasteiger partial charge in [0.1, 0.15) is 17.2 Å². The normalized spacial score (nSPS) is 18.1. The minimum atomic E-state index is -0.207. The molecule has 172 valence electrons. The van der Waals surface area contributed by atoms with Gasteiger partial charge in [0, 0.05) is 35.8 Å². The summed E-state index contributed by atoms with van der Waals surface area (Å²) in [6.07, 6.45) is 3.21. The van der Waals surface area contributed by atoms with Gasteiger partial charge in [0.25, 0.3) is 11.8 Å². The van der Waals surface area contributed by atoms with Gasteiger partial charge < -0.3 is 24.4 Å². The number of nitrogens with zero attached hydrogens (tertiary/aromatic N) is 1. The predicted octanol–water partition coefficient (Wildman–Crippen LogP) is 3.80. The molecule has 1 aliphatic heterocycles. The molecular weight excluding hydrogens is 408 g/mol. The highest BCUT2D eigenvalue weighted by atomic mass is 16.5.